The van der Waals surface area contributed by atoms with E-state index in [4.69, 9.17) is 4.74 Å². The number of piperidine rings is 1. The maximum absolute atomic E-state index is 13.5. The molecular weight excluding hydrogens is 388 g/mol. The normalized spacial score (nSPS) is 24.2. The van der Waals surface area contributed by atoms with Crippen LogP contribution in [0.3, 0.4) is 0 Å². The highest BCUT2D eigenvalue weighted by Gasteiger charge is 2.42. The zero-order chi connectivity index (χ0) is 20.4. The van der Waals surface area contributed by atoms with Gasteiger partial charge >= 0.3 is 0 Å². The molecule has 1 aromatic carbocycles. The molecule has 0 bridgehead atoms. The van der Waals surface area contributed by atoms with Gasteiger partial charge in [0.15, 0.2) is 0 Å². The highest BCUT2D eigenvalue weighted by atomic mass is 32.2. The van der Waals surface area contributed by atoms with E-state index in [1.165, 1.54) is 23.6 Å². The highest BCUT2D eigenvalue weighted by molar-refractivity contribution is 7.89. The van der Waals surface area contributed by atoms with Crippen LogP contribution in [0.25, 0.3) is 0 Å². The minimum absolute atomic E-state index is 0.189. The van der Waals surface area contributed by atoms with Gasteiger partial charge in [-0.2, -0.15) is 4.31 Å². The van der Waals surface area contributed by atoms with Crippen LogP contribution in [-0.2, 0) is 14.8 Å². The first kappa shape index (κ1) is 20.7. The first-order chi connectivity index (χ1) is 14.0. The predicted molar refractivity (Wildman–Crippen MR) is 111 cm³/mol. The lowest BCUT2D eigenvalue weighted by atomic mass is 9.91. The second-order valence-corrected chi connectivity index (χ2v) is 10.6. The third-order valence-corrected chi connectivity index (χ3v) is 8.47. The molecule has 3 fully saturated rings. The number of ether oxygens (including phenoxy) is 1. The third-order valence-electron chi connectivity index (χ3n) is 6.59. The van der Waals surface area contributed by atoms with E-state index in [0.29, 0.717) is 30.9 Å². The van der Waals surface area contributed by atoms with Crippen molar-refractivity contribution in [3.05, 3.63) is 24.3 Å². The van der Waals surface area contributed by atoms with E-state index in [9.17, 15) is 13.2 Å². The summed E-state index contributed by atoms with van der Waals surface area (Å²) in [5, 5.41) is 0. The van der Waals surface area contributed by atoms with Crippen LogP contribution in [0.4, 0.5) is 0 Å². The first-order valence-corrected chi connectivity index (χ1v) is 12.4. The monoisotopic (exact) mass is 420 g/mol. The van der Waals surface area contributed by atoms with Crippen LogP contribution in [0.1, 0.15) is 57.8 Å². The van der Waals surface area contributed by atoms with Crippen molar-refractivity contribution >= 4 is 15.9 Å². The molecule has 7 heteroatoms. The van der Waals surface area contributed by atoms with Crippen molar-refractivity contribution in [3.63, 3.8) is 0 Å². The number of sulfonamides is 1. The van der Waals surface area contributed by atoms with E-state index in [0.717, 1.165) is 38.5 Å². The molecule has 2 aliphatic carbocycles. The molecule has 0 spiro atoms. The molecule has 6 nitrogen and oxygen atoms in total. The standard InChI is InChI=1S/C22H32N2O4S/c1-28-20-11-13-21(14-12-20)29(26,27)23-15-5-6-17(16-23)22(25)24(19-9-10-19)18-7-3-2-4-8-18/h11-14,17-19H,2-10,15-16H2,1H3. The zero-order valence-electron chi connectivity index (χ0n) is 17.3. The summed E-state index contributed by atoms with van der Waals surface area (Å²) in [4.78, 5) is 15.9. The molecule has 29 heavy (non-hydrogen) atoms. The fourth-order valence-corrected chi connectivity index (χ4v) is 6.36. The fourth-order valence-electron chi connectivity index (χ4n) is 4.84. The minimum Gasteiger partial charge on any atom is -0.497 e. The number of amides is 1. The quantitative estimate of drug-likeness (QED) is 0.707. The SMILES string of the molecule is COc1ccc(S(=O)(=O)N2CCCC(C(=O)N(C3CCCCC3)C3CC3)C2)cc1. The summed E-state index contributed by atoms with van der Waals surface area (Å²) in [6, 6.07) is 7.24. The van der Waals surface area contributed by atoms with E-state index >= 15 is 0 Å². The van der Waals surface area contributed by atoms with Crippen molar-refractivity contribution in [3.8, 4) is 5.75 Å². The van der Waals surface area contributed by atoms with Crippen LogP contribution in [0, 0.1) is 5.92 Å². The van der Waals surface area contributed by atoms with Gasteiger partial charge in [0.25, 0.3) is 0 Å². The Bertz CT molecular complexity index is 814. The van der Waals surface area contributed by atoms with Crippen molar-refractivity contribution in [1.29, 1.82) is 0 Å². The van der Waals surface area contributed by atoms with Gasteiger partial charge < -0.3 is 9.64 Å². The average molecular weight is 421 g/mol. The Kier molecular flexibility index (Phi) is 6.16. The molecule has 1 atom stereocenters. The van der Waals surface area contributed by atoms with Gasteiger partial charge in [0.05, 0.1) is 17.9 Å². The lowest BCUT2D eigenvalue weighted by molar-refractivity contribution is -0.140. The van der Waals surface area contributed by atoms with Gasteiger partial charge in [-0.25, -0.2) is 8.42 Å². The van der Waals surface area contributed by atoms with Crippen LogP contribution in [-0.4, -0.2) is 55.8 Å². The zero-order valence-corrected chi connectivity index (χ0v) is 18.1. The molecule has 1 saturated heterocycles. The molecule has 4 rings (SSSR count). The Morgan fingerprint density at radius 3 is 2.24 bits per heavy atom. The summed E-state index contributed by atoms with van der Waals surface area (Å²) in [5.74, 6) is 0.594. The van der Waals surface area contributed by atoms with Gasteiger partial charge in [-0.1, -0.05) is 19.3 Å². The summed E-state index contributed by atoms with van der Waals surface area (Å²) in [6.07, 6.45) is 9.57. The molecule has 1 heterocycles. The highest BCUT2D eigenvalue weighted by Crippen LogP contribution is 2.36. The number of rotatable bonds is 6. The van der Waals surface area contributed by atoms with Crippen LogP contribution in [0.15, 0.2) is 29.2 Å². The Balaban J connectivity index is 1.48. The molecule has 3 aliphatic rings. The van der Waals surface area contributed by atoms with Crippen molar-refractivity contribution < 1.29 is 17.9 Å². The number of carbonyl (C=O) groups excluding carboxylic acids is 1. The van der Waals surface area contributed by atoms with Crippen molar-refractivity contribution in [2.45, 2.75) is 74.8 Å². The molecule has 1 aliphatic heterocycles. The van der Waals surface area contributed by atoms with Crippen molar-refractivity contribution in [2.24, 2.45) is 5.92 Å². The van der Waals surface area contributed by atoms with E-state index in [1.54, 1.807) is 31.4 Å². The molecule has 1 unspecified atom stereocenters. The van der Waals surface area contributed by atoms with E-state index in [1.807, 2.05) is 0 Å². The van der Waals surface area contributed by atoms with Gasteiger partial charge in [0.2, 0.25) is 15.9 Å². The number of hydrogen-bond donors (Lipinski definition) is 0. The van der Waals surface area contributed by atoms with Gasteiger partial charge in [0.1, 0.15) is 5.75 Å². The summed E-state index contributed by atoms with van der Waals surface area (Å²) < 4.78 is 32.9. The maximum atomic E-state index is 13.5. The van der Waals surface area contributed by atoms with Crippen LogP contribution in [0.5, 0.6) is 5.75 Å². The Labute approximate surface area is 174 Å². The molecular formula is C22H32N2O4S. The maximum Gasteiger partial charge on any atom is 0.243 e. The fraction of sp³-hybridized carbons (Fsp3) is 0.682. The largest absolute Gasteiger partial charge is 0.497 e. The molecule has 0 N–H and O–H groups in total. The van der Waals surface area contributed by atoms with Crippen LogP contribution >= 0.6 is 0 Å². The van der Waals surface area contributed by atoms with Crippen molar-refractivity contribution in [2.75, 3.05) is 20.2 Å². The molecule has 1 aromatic rings. The summed E-state index contributed by atoms with van der Waals surface area (Å²) >= 11 is 0. The molecule has 0 radical (unpaired) electrons. The summed E-state index contributed by atoms with van der Waals surface area (Å²) in [6.45, 7) is 0.772. The molecule has 1 amide bonds. The second-order valence-electron chi connectivity index (χ2n) is 8.65. The van der Waals surface area contributed by atoms with Crippen LogP contribution < -0.4 is 4.74 Å². The van der Waals surface area contributed by atoms with E-state index < -0.39 is 10.0 Å². The Morgan fingerprint density at radius 2 is 1.62 bits per heavy atom. The lowest BCUT2D eigenvalue weighted by Gasteiger charge is -2.39. The van der Waals surface area contributed by atoms with Crippen LogP contribution in [0.2, 0.25) is 0 Å². The topological polar surface area (TPSA) is 66.9 Å². The molecule has 2 saturated carbocycles. The lowest BCUT2D eigenvalue weighted by Crippen LogP contribution is -2.50. The van der Waals surface area contributed by atoms with Gasteiger partial charge in [-0.3, -0.25) is 4.79 Å². The average Bonchev–Trinajstić information content (AvgIpc) is 3.60. The second kappa shape index (κ2) is 8.64. The number of carbonyl (C=O) groups is 1. The predicted octanol–water partition coefficient (Wildman–Crippen LogP) is 3.42. The van der Waals surface area contributed by atoms with Crippen molar-refractivity contribution in [1.82, 2.24) is 9.21 Å². The number of nitrogens with zero attached hydrogens (tertiary/aromatic N) is 2. The number of methoxy groups -OCH3 is 1. The van der Waals surface area contributed by atoms with Gasteiger partial charge in [0, 0.05) is 25.2 Å². The number of hydrogen-bond acceptors (Lipinski definition) is 4. The Morgan fingerprint density at radius 1 is 0.966 bits per heavy atom. The summed E-state index contributed by atoms with van der Waals surface area (Å²) in [7, 11) is -2.04. The molecule has 160 valence electrons. The van der Waals surface area contributed by atoms with Gasteiger partial charge in [-0.05, 0) is 62.8 Å². The van der Waals surface area contributed by atoms with E-state index in [-0.39, 0.29) is 16.7 Å². The summed E-state index contributed by atoms with van der Waals surface area (Å²) in [5.41, 5.74) is 0. The first-order valence-electron chi connectivity index (χ1n) is 11.0. The molecule has 0 aromatic heterocycles. The third kappa shape index (κ3) is 4.45. The van der Waals surface area contributed by atoms with Gasteiger partial charge in [-0.15, -0.1) is 0 Å². The van der Waals surface area contributed by atoms with E-state index in [2.05, 4.69) is 4.90 Å². The smallest absolute Gasteiger partial charge is 0.243 e. The minimum atomic E-state index is -3.60. The number of benzene rings is 1. The Hall–Kier alpha value is -1.60.